The van der Waals surface area contributed by atoms with Gasteiger partial charge >= 0.3 is 0 Å². The number of nitrogens with one attached hydrogen (secondary N) is 2. The molecule has 25 heavy (non-hydrogen) atoms. The molecule has 0 heterocycles. The lowest BCUT2D eigenvalue weighted by molar-refractivity contribution is -0.130. The molecule has 0 saturated carbocycles. The predicted molar refractivity (Wildman–Crippen MR) is 95.0 cm³/mol. The fourth-order valence-corrected chi connectivity index (χ4v) is 1.85. The lowest BCUT2D eigenvalue weighted by Gasteiger charge is -2.16. The van der Waals surface area contributed by atoms with Gasteiger partial charge in [0.15, 0.2) is 0 Å². The van der Waals surface area contributed by atoms with Gasteiger partial charge in [-0.05, 0) is 29.7 Å². The molecule has 0 unspecified atom stereocenters. The minimum atomic E-state index is -1.23. The Balaban J connectivity index is 2.66. The third-order valence-electron chi connectivity index (χ3n) is 3.10. The number of rotatable bonds is 7. The molecular weight excluding hydrogens is 322 g/mol. The van der Waals surface area contributed by atoms with Crippen molar-refractivity contribution in [2.45, 2.75) is 26.8 Å². The summed E-state index contributed by atoms with van der Waals surface area (Å²) in [6.07, 6.45) is 3.99. The van der Waals surface area contributed by atoms with Gasteiger partial charge in [0.1, 0.15) is 18.4 Å². The number of carbonyl (C=O) groups excluding carboxylic acids is 2. The van der Waals surface area contributed by atoms with Crippen LogP contribution in [0.5, 0.6) is 5.75 Å². The molecule has 2 amide bonds. The van der Waals surface area contributed by atoms with Crippen molar-refractivity contribution in [1.29, 1.82) is 0 Å². The number of nitrogens with two attached hydrogens (primary N) is 1. The first kappa shape index (κ1) is 20.2. The first-order valence-electron chi connectivity index (χ1n) is 7.73. The Morgan fingerprint density at radius 1 is 1.32 bits per heavy atom. The summed E-state index contributed by atoms with van der Waals surface area (Å²) in [5.41, 5.74) is 7.20. The van der Waals surface area contributed by atoms with Crippen LogP contribution in [0.4, 0.5) is 0 Å². The zero-order valence-electron chi connectivity index (χ0n) is 14.7. The Morgan fingerprint density at radius 2 is 1.92 bits per heavy atom. The van der Waals surface area contributed by atoms with Gasteiger partial charge in [-0.1, -0.05) is 39.5 Å². The second kappa shape index (κ2) is 8.89. The van der Waals surface area contributed by atoms with Gasteiger partial charge in [0.2, 0.25) is 0 Å². The monoisotopic (exact) mass is 347 g/mol. The number of carbonyl (C=O) groups is 2. The van der Waals surface area contributed by atoms with E-state index in [0.717, 1.165) is 0 Å². The summed E-state index contributed by atoms with van der Waals surface area (Å²) in [6.45, 7) is 10.1. The summed E-state index contributed by atoms with van der Waals surface area (Å²) < 4.78 is 5.56. The van der Waals surface area contributed by atoms with E-state index in [2.05, 4.69) is 38.7 Å². The van der Waals surface area contributed by atoms with Gasteiger partial charge in [0.05, 0.1) is 0 Å². The van der Waals surface area contributed by atoms with Crippen molar-refractivity contribution in [3.8, 4) is 5.75 Å². The van der Waals surface area contributed by atoms with E-state index >= 15 is 0 Å². The average molecular weight is 347 g/mol. The minimum Gasteiger partial charge on any atom is -0.490 e. The van der Waals surface area contributed by atoms with Gasteiger partial charge in [-0.25, -0.2) is 5.48 Å². The Kier molecular flexibility index (Phi) is 7.20. The standard InChI is InChI=1S/C18H25N3O4/c1-12(19)15(17(23)21-24)20-16(22)13-6-8-14(9-7-13)25-11-5-10-18(2,3)4/h5-10,15,24H,1,11,19H2,2-4H3,(H,20,22)(H,21,23)/b10-5+/t15-/m0/s1. The minimum absolute atomic E-state index is 0.0921. The van der Waals surface area contributed by atoms with Crippen molar-refractivity contribution < 1.29 is 19.5 Å². The van der Waals surface area contributed by atoms with Crippen molar-refractivity contribution in [3.05, 3.63) is 54.3 Å². The Morgan fingerprint density at radius 3 is 2.40 bits per heavy atom. The maximum absolute atomic E-state index is 12.1. The first-order chi connectivity index (χ1) is 11.6. The fourth-order valence-electron chi connectivity index (χ4n) is 1.85. The second-order valence-corrected chi connectivity index (χ2v) is 6.56. The Labute approximate surface area is 147 Å². The zero-order chi connectivity index (χ0) is 19.0. The maximum atomic E-state index is 12.1. The molecular formula is C18H25N3O4. The van der Waals surface area contributed by atoms with Gasteiger partial charge in [-0.3, -0.25) is 14.8 Å². The van der Waals surface area contributed by atoms with Crippen LogP contribution >= 0.6 is 0 Å². The normalized spacial score (nSPS) is 12.5. The predicted octanol–water partition coefficient (Wildman–Crippen LogP) is 1.74. The molecule has 7 heteroatoms. The average Bonchev–Trinajstić information content (AvgIpc) is 2.55. The summed E-state index contributed by atoms with van der Waals surface area (Å²) in [4.78, 5) is 23.6. The van der Waals surface area contributed by atoms with E-state index in [0.29, 0.717) is 17.9 Å². The first-order valence-corrected chi connectivity index (χ1v) is 7.73. The number of hydrogen-bond donors (Lipinski definition) is 4. The SMILES string of the molecule is C=C(N)[C@H](NC(=O)c1ccc(OC/C=C/C(C)(C)C)cc1)C(=O)NO. The number of benzene rings is 1. The molecule has 0 bridgehead atoms. The highest BCUT2D eigenvalue weighted by Gasteiger charge is 2.22. The van der Waals surface area contributed by atoms with Gasteiger partial charge in [-0.2, -0.15) is 0 Å². The molecule has 0 aliphatic rings. The van der Waals surface area contributed by atoms with Crippen LogP contribution in [0.15, 0.2) is 48.7 Å². The van der Waals surface area contributed by atoms with E-state index in [-0.39, 0.29) is 11.1 Å². The smallest absolute Gasteiger partial charge is 0.272 e. The zero-order valence-corrected chi connectivity index (χ0v) is 14.7. The van der Waals surface area contributed by atoms with Crippen LogP contribution in [-0.4, -0.2) is 29.7 Å². The number of ether oxygens (including phenoxy) is 1. The molecule has 1 atom stereocenters. The van der Waals surface area contributed by atoms with Gasteiger partial charge in [0, 0.05) is 11.3 Å². The molecule has 5 N–H and O–H groups in total. The van der Waals surface area contributed by atoms with Gasteiger partial charge in [-0.15, -0.1) is 0 Å². The van der Waals surface area contributed by atoms with E-state index in [1.54, 1.807) is 24.3 Å². The second-order valence-electron chi connectivity index (χ2n) is 6.56. The van der Waals surface area contributed by atoms with E-state index < -0.39 is 17.9 Å². The van der Waals surface area contributed by atoms with Crippen LogP contribution in [0.1, 0.15) is 31.1 Å². The van der Waals surface area contributed by atoms with Crippen molar-refractivity contribution in [2.75, 3.05) is 6.61 Å². The lowest BCUT2D eigenvalue weighted by atomic mass is 9.96. The quantitative estimate of drug-likeness (QED) is 0.341. The number of allylic oxidation sites excluding steroid dienone is 1. The van der Waals surface area contributed by atoms with Crippen LogP contribution in [0.25, 0.3) is 0 Å². The summed E-state index contributed by atoms with van der Waals surface area (Å²) in [6, 6.07) is 5.20. The topological polar surface area (TPSA) is 114 Å². The van der Waals surface area contributed by atoms with Crippen molar-refractivity contribution in [3.63, 3.8) is 0 Å². The van der Waals surface area contributed by atoms with Crippen LogP contribution in [-0.2, 0) is 4.79 Å². The Hall–Kier alpha value is -2.80. The van der Waals surface area contributed by atoms with Crippen LogP contribution in [0.3, 0.4) is 0 Å². The van der Waals surface area contributed by atoms with Crippen LogP contribution in [0.2, 0.25) is 0 Å². The highest BCUT2D eigenvalue weighted by molar-refractivity contribution is 5.98. The number of hydroxylamine groups is 1. The summed E-state index contributed by atoms with van der Waals surface area (Å²) in [5, 5.41) is 11.0. The molecule has 0 aromatic heterocycles. The lowest BCUT2D eigenvalue weighted by Crippen LogP contribution is -2.48. The van der Waals surface area contributed by atoms with E-state index in [1.807, 2.05) is 6.08 Å². The highest BCUT2D eigenvalue weighted by Crippen LogP contribution is 2.15. The maximum Gasteiger partial charge on any atom is 0.272 e. The molecule has 1 aromatic rings. The van der Waals surface area contributed by atoms with Crippen molar-refractivity contribution in [2.24, 2.45) is 11.1 Å². The number of amides is 2. The molecule has 7 nitrogen and oxygen atoms in total. The third kappa shape index (κ3) is 7.09. The fraction of sp³-hybridized carbons (Fsp3) is 0.333. The van der Waals surface area contributed by atoms with Gasteiger partial charge < -0.3 is 15.8 Å². The molecule has 1 aromatic carbocycles. The van der Waals surface area contributed by atoms with Crippen molar-refractivity contribution >= 4 is 11.8 Å². The van der Waals surface area contributed by atoms with E-state index in [9.17, 15) is 9.59 Å². The molecule has 0 saturated heterocycles. The molecule has 1 rings (SSSR count). The van der Waals surface area contributed by atoms with E-state index in [4.69, 9.17) is 15.7 Å². The molecule has 0 radical (unpaired) electrons. The van der Waals surface area contributed by atoms with Gasteiger partial charge in [0.25, 0.3) is 11.8 Å². The Bertz CT molecular complexity index is 645. The van der Waals surface area contributed by atoms with Crippen LogP contribution < -0.4 is 21.3 Å². The molecule has 0 aliphatic carbocycles. The number of hydrogen-bond acceptors (Lipinski definition) is 5. The summed E-state index contributed by atoms with van der Waals surface area (Å²) in [5.74, 6) is -0.784. The molecule has 0 aliphatic heterocycles. The molecule has 0 fully saturated rings. The molecule has 136 valence electrons. The largest absolute Gasteiger partial charge is 0.490 e. The molecule has 0 spiro atoms. The van der Waals surface area contributed by atoms with E-state index in [1.165, 1.54) is 5.48 Å². The highest BCUT2D eigenvalue weighted by atomic mass is 16.5. The summed E-state index contributed by atoms with van der Waals surface area (Å²) >= 11 is 0. The summed E-state index contributed by atoms with van der Waals surface area (Å²) in [7, 11) is 0. The van der Waals surface area contributed by atoms with Crippen molar-refractivity contribution in [1.82, 2.24) is 10.8 Å². The van der Waals surface area contributed by atoms with Crippen LogP contribution in [0, 0.1) is 5.41 Å². The third-order valence-corrected chi connectivity index (χ3v) is 3.10.